The van der Waals surface area contributed by atoms with Crippen molar-refractivity contribution < 1.29 is 19.2 Å². The molecule has 2 aromatic rings. The van der Waals surface area contributed by atoms with Crippen molar-refractivity contribution in [3.63, 3.8) is 0 Å². The summed E-state index contributed by atoms with van der Waals surface area (Å²) in [7, 11) is 0. The monoisotopic (exact) mass is 513 g/mol. The number of thioether (sulfide) groups is 1. The number of rotatable bonds is 8. The number of benzene rings is 2. The van der Waals surface area contributed by atoms with Gasteiger partial charge in [0.15, 0.2) is 0 Å². The van der Waals surface area contributed by atoms with E-state index in [1.165, 1.54) is 5.56 Å². The van der Waals surface area contributed by atoms with E-state index in [4.69, 9.17) is 11.6 Å². The van der Waals surface area contributed by atoms with Crippen molar-refractivity contribution in [2.75, 3.05) is 19.6 Å². The van der Waals surface area contributed by atoms with E-state index >= 15 is 0 Å². The predicted molar refractivity (Wildman–Crippen MR) is 139 cm³/mol. The maximum atomic E-state index is 12.7. The number of hydrogen-bond donors (Lipinski definition) is 2. The molecule has 9 heteroatoms. The summed E-state index contributed by atoms with van der Waals surface area (Å²) in [6, 6.07) is 14.5. The highest BCUT2D eigenvalue weighted by Gasteiger charge is 2.34. The fourth-order valence-corrected chi connectivity index (χ4v) is 4.44. The van der Waals surface area contributed by atoms with Crippen molar-refractivity contribution in [1.82, 2.24) is 15.5 Å². The summed E-state index contributed by atoms with van der Waals surface area (Å²) in [5, 5.41) is 5.28. The molecule has 1 saturated heterocycles. The van der Waals surface area contributed by atoms with Crippen LogP contribution in [0.25, 0.3) is 6.08 Å². The molecule has 2 aromatic carbocycles. The van der Waals surface area contributed by atoms with Crippen LogP contribution in [0.1, 0.15) is 48.7 Å². The maximum Gasteiger partial charge on any atom is 0.293 e. The second-order valence-electron chi connectivity index (χ2n) is 9.04. The summed E-state index contributed by atoms with van der Waals surface area (Å²) >= 11 is 6.88. The molecule has 0 saturated carbocycles. The molecule has 0 aliphatic carbocycles. The number of nitrogens with one attached hydrogen (secondary N) is 2. The highest BCUT2D eigenvalue weighted by atomic mass is 35.5. The van der Waals surface area contributed by atoms with E-state index < -0.39 is 0 Å². The van der Waals surface area contributed by atoms with Crippen LogP contribution in [-0.4, -0.2) is 47.5 Å². The third-order valence-corrected chi connectivity index (χ3v) is 6.60. The quantitative estimate of drug-likeness (QED) is 0.502. The van der Waals surface area contributed by atoms with E-state index in [1.54, 1.807) is 30.3 Å². The fourth-order valence-electron chi connectivity index (χ4n) is 3.35. The number of hydrogen-bond acceptors (Lipinski definition) is 5. The number of nitrogens with zero attached hydrogens (tertiary/aromatic N) is 1. The Bertz CT molecular complexity index is 1160. The largest absolute Gasteiger partial charge is 0.354 e. The van der Waals surface area contributed by atoms with Crippen LogP contribution in [0.2, 0.25) is 5.02 Å². The topological polar surface area (TPSA) is 95.6 Å². The summed E-state index contributed by atoms with van der Waals surface area (Å²) in [5.74, 6) is -1.03. The molecule has 0 aromatic heterocycles. The lowest BCUT2D eigenvalue weighted by Gasteiger charge is -2.18. The molecule has 184 valence electrons. The van der Waals surface area contributed by atoms with Crippen molar-refractivity contribution in [3.05, 3.63) is 75.1 Å². The average Bonchev–Trinajstić information content (AvgIpc) is 3.06. The summed E-state index contributed by atoms with van der Waals surface area (Å²) in [6.45, 7) is 6.72. The third kappa shape index (κ3) is 7.19. The predicted octanol–water partition coefficient (Wildman–Crippen LogP) is 4.61. The van der Waals surface area contributed by atoms with Crippen molar-refractivity contribution in [2.45, 2.75) is 32.6 Å². The highest BCUT2D eigenvalue weighted by Crippen LogP contribution is 2.32. The Kier molecular flexibility index (Phi) is 8.75. The second-order valence-corrected chi connectivity index (χ2v) is 10.4. The Morgan fingerprint density at radius 1 is 1.00 bits per heavy atom. The Morgan fingerprint density at radius 3 is 2.34 bits per heavy atom. The Morgan fingerprint density at radius 2 is 1.69 bits per heavy atom. The minimum absolute atomic E-state index is 0.0298. The smallest absolute Gasteiger partial charge is 0.293 e. The van der Waals surface area contributed by atoms with Crippen LogP contribution >= 0.6 is 23.4 Å². The van der Waals surface area contributed by atoms with E-state index in [2.05, 4.69) is 31.4 Å². The normalized spacial score (nSPS) is 15.0. The summed E-state index contributed by atoms with van der Waals surface area (Å²) in [4.78, 5) is 50.7. The number of carbonyl (C=O) groups is 4. The molecule has 0 spiro atoms. The molecule has 7 nitrogen and oxygen atoms in total. The van der Waals surface area contributed by atoms with Crippen LogP contribution in [0.3, 0.4) is 0 Å². The summed E-state index contributed by atoms with van der Waals surface area (Å²) in [6.07, 6.45) is 1.76. The van der Waals surface area contributed by atoms with Gasteiger partial charge in [-0.1, -0.05) is 68.8 Å². The van der Waals surface area contributed by atoms with Crippen LogP contribution in [-0.2, 0) is 15.0 Å². The molecule has 0 radical (unpaired) electrons. The molecule has 1 aliphatic rings. The first-order chi connectivity index (χ1) is 16.6. The van der Waals surface area contributed by atoms with Gasteiger partial charge in [-0.15, -0.1) is 0 Å². The van der Waals surface area contributed by atoms with Gasteiger partial charge in [-0.05, 0) is 46.5 Å². The maximum absolute atomic E-state index is 12.7. The molecular formula is C26H28ClN3O4S. The number of amides is 4. The third-order valence-electron chi connectivity index (χ3n) is 5.36. The minimum Gasteiger partial charge on any atom is -0.354 e. The zero-order valence-corrected chi connectivity index (χ0v) is 21.5. The molecule has 4 amide bonds. The van der Waals surface area contributed by atoms with Gasteiger partial charge in [0.25, 0.3) is 17.1 Å². The van der Waals surface area contributed by atoms with E-state index in [9.17, 15) is 19.2 Å². The SMILES string of the molecule is CC(C)(C)c1ccc(/C=C2\SC(=O)N(CCNC(=O)CCNC(=O)c3ccccc3Cl)C2=O)cc1. The first-order valence-corrected chi connectivity index (χ1v) is 12.4. The van der Waals surface area contributed by atoms with Crippen LogP contribution in [0, 0.1) is 0 Å². The standard InChI is InChI=1S/C26H28ClN3O4S/c1-26(2,3)18-10-8-17(9-11-18)16-21-24(33)30(25(34)35-21)15-14-28-22(31)12-13-29-23(32)19-6-4-5-7-20(19)27/h4-11,16H,12-15H2,1-3H3,(H,28,31)(H,29,32)/b21-16-. The van der Waals surface area contributed by atoms with Crippen LogP contribution in [0.15, 0.2) is 53.4 Å². The van der Waals surface area contributed by atoms with Gasteiger partial charge in [-0.25, -0.2) is 0 Å². The second kappa shape index (κ2) is 11.6. The van der Waals surface area contributed by atoms with Gasteiger partial charge in [-0.2, -0.15) is 0 Å². The Hall–Kier alpha value is -3.10. The zero-order valence-electron chi connectivity index (χ0n) is 19.9. The first kappa shape index (κ1) is 26.5. The zero-order chi connectivity index (χ0) is 25.6. The van der Waals surface area contributed by atoms with E-state index in [0.29, 0.717) is 15.5 Å². The van der Waals surface area contributed by atoms with Gasteiger partial charge in [0.05, 0.1) is 15.5 Å². The molecule has 1 aliphatic heterocycles. The van der Waals surface area contributed by atoms with Gasteiger partial charge in [0.2, 0.25) is 5.91 Å². The molecule has 0 bridgehead atoms. The van der Waals surface area contributed by atoms with Gasteiger partial charge in [0.1, 0.15) is 0 Å². The molecular weight excluding hydrogens is 486 g/mol. The molecule has 0 atom stereocenters. The number of halogens is 1. The van der Waals surface area contributed by atoms with Crippen molar-refractivity contribution in [1.29, 1.82) is 0 Å². The van der Waals surface area contributed by atoms with E-state index in [-0.39, 0.29) is 54.4 Å². The van der Waals surface area contributed by atoms with E-state index in [0.717, 1.165) is 22.2 Å². The van der Waals surface area contributed by atoms with Crippen LogP contribution < -0.4 is 10.6 Å². The summed E-state index contributed by atoms with van der Waals surface area (Å²) in [5.41, 5.74) is 2.40. The fraction of sp³-hybridized carbons (Fsp3) is 0.308. The molecule has 2 N–H and O–H groups in total. The number of carbonyl (C=O) groups excluding carboxylic acids is 4. The lowest BCUT2D eigenvalue weighted by Crippen LogP contribution is -2.38. The van der Waals surface area contributed by atoms with Crippen molar-refractivity contribution in [3.8, 4) is 0 Å². The number of imide groups is 1. The van der Waals surface area contributed by atoms with Gasteiger partial charge in [0, 0.05) is 26.1 Å². The first-order valence-electron chi connectivity index (χ1n) is 11.2. The summed E-state index contributed by atoms with van der Waals surface area (Å²) < 4.78 is 0. The average molecular weight is 514 g/mol. The van der Waals surface area contributed by atoms with E-state index in [1.807, 2.05) is 24.3 Å². The highest BCUT2D eigenvalue weighted by molar-refractivity contribution is 8.18. The van der Waals surface area contributed by atoms with Crippen LogP contribution in [0.4, 0.5) is 4.79 Å². The van der Waals surface area contributed by atoms with Gasteiger partial charge >= 0.3 is 0 Å². The molecule has 1 heterocycles. The molecule has 35 heavy (non-hydrogen) atoms. The van der Waals surface area contributed by atoms with Gasteiger partial charge in [-0.3, -0.25) is 24.1 Å². The minimum atomic E-state index is -0.374. The van der Waals surface area contributed by atoms with Gasteiger partial charge < -0.3 is 10.6 Å². The van der Waals surface area contributed by atoms with Crippen molar-refractivity contribution in [2.24, 2.45) is 0 Å². The Labute approximate surface area is 214 Å². The Balaban J connectivity index is 1.44. The van der Waals surface area contributed by atoms with Crippen molar-refractivity contribution >= 4 is 52.4 Å². The lowest BCUT2D eigenvalue weighted by atomic mass is 9.87. The van der Waals surface area contributed by atoms with Crippen LogP contribution in [0.5, 0.6) is 0 Å². The molecule has 1 fully saturated rings. The molecule has 3 rings (SSSR count). The molecule has 0 unspecified atom stereocenters. The lowest BCUT2D eigenvalue weighted by molar-refractivity contribution is -0.124.